The van der Waals surface area contributed by atoms with Crippen LogP contribution in [-0.4, -0.2) is 18.2 Å². The fourth-order valence-electron chi connectivity index (χ4n) is 2.46. The zero-order valence-corrected chi connectivity index (χ0v) is 13.5. The van der Waals surface area contributed by atoms with Gasteiger partial charge in [0.15, 0.2) is 6.29 Å². The first kappa shape index (κ1) is 16.1. The van der Waals surface area contributed by atoms with Gasteiger partial charge in [-0.1, -0.05) is 35.9 Å². The molecule has 2 aromatic rings. The molecule has 3 rings (SSSR count). The first-order valence-corrected chi connectivity index (χ1v) is 7.82. The van der Waals surface area contributed by atoms with Crippen LogP contribution in [0, 0.1) is 11.7 Å². The highest BCUT2D eigenvalue weighted by atomic mass is 35.5. The molecule has 23 heavy (non-hydrogen) atoms. The molecule has 1 aliphatic rings. The van der Waals surface area contributed by atoms with Crippen molar-refractivity contribution in [3.63, 3.8) is 0 Å². The number of ether oxygens (including phenoxy) is 2. The Morgan fingerprint density at radius 2 is 2.00 bits per heavy atom. The van der Waals surface area contributed by atoms with E-state index in [9.17, 15) is 4.39 Å². The summed E-state index contributed by atoms with van der Waals surface area (Å²) >= 11 is 5.70. The Hall–Kier alpha value is -1.75. The highest BCUT2D eigenvalue weighted by molar-refractivity contribution is 6.30. The number of hydrogen-bond acceptors (Lipinski definition) is 3. The van der Waals surface area contributed by atoms with Crippen molar-refractivity contribution in [2.45, 2.75) is 13.2 Å². The monoisotopic (exact) mass is 333 g/mol. The van der Waals surface area contributed by atoms with E-state index in [1.807, 2.05) is 25.1 Å². The summed E-state index contributed by atoms with van der Waals surface area (Å²) in [5.41, 5.74) is 2.20. The third-order valence-corrected chi connectivity index (χ3v) is 3.97. The van der Waals surface area contributed by atoms with Crippen LogP contribution in [-0.2, 0) is 9.47 Å². The molecule has 0 aliphatic carbocycles. The van der Waals surface area contributed by atoms with Crippen LogP contribution < -0.4 is 0 Å². The van der Waals surface area contributed by atoms with Crippen molar-refractivity contribution in [1.29, 1.82) is 0 Å². The van der Waals surface area contributed by atoms with Crippen molar-refractivity contribution in [3.05, 3.63) is 65.1 Å². The standard InChI is InChI=1S/C18H17ClFNO2/c1-2-3-12-10-22-18(23-11-12)14-5-7-17(21-9-14)13-4-6-15(19)16(20)8-13/h2-9,12,18H,10-11H2,1H3/t12-,18-. The molecule has 120 valence electrons. The van der Waals surface area contributed by atoms with E-state index < -0.39 is 12.1 Å². The Morgan fingerprint density at radius 3 is 2.61 bits per heavy atom. The summed E-state index contributed by atoms with van der Waals surface area (Å²) in [6.45, 7) is 3.23. The maximum Gasteiger partial charge on any atom is 0.185 e. The summed E-state index contributed by atoms with van der Waals surface area (Å²) in [4.78, 5) is 4.37. The number of benzene rings is 1. The lowest BCUT2D eigenvalue weighted by Crippen LogP contribution is -2.25. The minimum absolute atomic E-state index is 0.102. The predicted molar refractivity (Wildman–Crippen MR) is 87.6 cm³/mol. The smallest absolute Gasteiger partial charge is 0.185 e. The van der Waals surface area contributed by atoms with E-state index >= 15 is 0 Å². The SMILES string of the molecule is CC=C[C@H]1CO[C@H](c2ccc(-c3ccc(Cl)c(F)c3)nc2)OC1. The van der Waals surface area contributed by atoms with Crippen molar-refractivity contribution >= 4 is 11.6 Å². The van der Waals surface area contributed by atoms with Gasteiger partial charge in [-0.3, -0.25) is 4.98 Å². The average molecular weight is 334 g/mol. The Labute approximate surface area is 139 Å². The molecule has 0 amide bonds. The fraction of sp³-hybridized carbons (Fsp3) is 0.278. The fourth-order valence-corrected chi connectivity index (χ4v) is 2.58. The molecule has 1 aromatic carbocycles. The van der Waals surface area contributed by atoms with Crippen molar-refractivity contribution < 1.29 is 13.9 Å². The van der Waals surface area contributed by atoms with Crippen LogP contribution in [0.15, 0.2) is 48.7 Å². The van der Waals surface area contributed by atoms with E-state index in [0.29, 0.717) is 30.4 Å². The van der Waals surface area contributed by atoms with E-state index in [1.165, 1.54) is 12.1 Å². The molecule has 1 saturated heterocycles. The van der Waals surface area contributed by atoms with Gasteiger partial charge in [0, 0.05) is 23.2 Å². The zero-order chi connectivity index (χ0) is 16.2. The molecule has 3 nitrogen and oxygen atoms in total. The third kappa shape index (κ3) is 3.78. The second-order valence-corrected chi connectivity index (χ2v) is 5.80. The van der Waals surface area contributed by atoms with E-state index in [-0.39, 0.29) is 5.02 Å². The van der Waals surface area contributed by atoms with Gasteiger partial charge in [-0.15, -0.1) is 0 Å². The van der Waals surface area contributed by atoms with Gasteiger partial charge in [0.1, 0.15) is 5.82 Å². The number of allylic oxidation sites excluding steroid dienone is 1. The van der Waals surface area contributed by atoms with Crippen molar-refractivity contribution in [2.24, 2.45) is 5.92 Å². The van der Waals surface area contributed by atoms with Crippen molar-refractivity contribution in [2.75, 3.05) is 13.2 Å². The summed E-state index contributed by atoms with van der Waals surface area (Å²) in [7, 11) is 0. The van der Waals surface area contributed by atoms with Crippen LogP contribution in [0.3, 0.4) is 0 Å². The number of nitrogens with zero attached hydrogens (tertiary/aromatic N) is 1. The van der Waals surface area contributed by atoms with Gasteiger partial charge < -0.3 is 9.47 Å². The Kier molecular flexibility index (Phi) is 5.06. The topological polar surface area (TPSA) is 31.4 Å². The molecular weight excluding hydrogens is 317 g/mol. The first-order valence-electron chi connectivity index (χ1n) is 7.45. The van der Waals surface area contributed by atoms with Gasteiger partial charge in [0.2, 0.25) is 0 Å². The van der Waals surface area contributed by atoms with Gasteiger partial charge >= 0.3 is 0 Å². The van der Waals surface area contributed by atoms with Crippen molar-refractivity contribution in [1.82, 2.24) is 4.98 Å². The molecule has 0 radical (unpaired) electrons. The Bertz CT molecular complexity index is 695. The minimum Gasteiger partial charge on any atom is -0.348 e. The van der Waals surface area contributed by atoms with E-state index in [0.717, 1.165) is 5.56 Å². The summed E-state index contributed by atoms with van der Waals surface area (Å²) in [6, 6.07) is 8.34. The van der Waals surface area contributed by atoms with Gasteiger partial charge in [-0.25, -0.2) is 4.39 Å². The molecule has 1 aliphatic heterocycles. The lowest BCUT2D eigenvalue weighted by molar-refractivity contribution is -0.197. The Morgan fingerprint density at radius 1 is 1.22 bits per heavy atom. The van der Waals surface area contributed by atoms with Crippen LogP contribution in [0.25, 0.3) is 11.3 Å². The second kappa shape index (κ2) is 7.21. The summed E-state index contributed by atoms with van der Waals surface area (Å²) in [6.07, 6.45) is 5.37. The molecular formula is C18H17ClFNO2. The van der Waals surface area contributed by atoms with Gasteiger partial charge in [-0.05, 0) is 25.1 Å². The number of pyridine rings is 1. The van der Waals surface area contributed by atoms with E-state index in [2.05, 4.69) is 11.1 Å². The molecule has 5 heteroatoms. The largest absolute Gasteiger partial charge is 0.348 e. The minimum atomic E-state index is -0.455. The first-order chi connectivity index (χ1) is 11.2. The normalized spacial score (nSPS) is 21.7. The average Bonchev–Trinajstić information content (AvgIpc) is 2.59. The summed E-state index contributed by atoms with van der Waals surface area (Å²) in [5.74, 6) is -0.162. The van der Waals surface area contributed by atoms with Gasteiger partial charge in [0.05, 0.1) is 23.9 Å². The molecule has 0 unspecified atom stereocenters. The van der Waals surface area contributed by atoms with Crippen LogP contribution in [0.4, 0.5) is 4.39 Å². The molecule has 1 aromatic heterocycles. The highest BCUT2D eigenvalue weighted by Gasteiger charge is 2.22. The lowest BCUT2D eigenvalue weighted by Gasteiger charge is -2.28. The second-order valence-electron chi connectivity index (χ2n) is 5.39. The quantitative estimate of drug-likeness (QED) is 0.757. The maximum absolute atomic E-state index is 13.5. The molecule has 0 N–H and O–H groups in total. The molecule has 0 spiro atoms. The van der Waals surface area contributed by atoms with E-state index in [4.69, 9.17) is 21.1 Å². The number of rotatable bonds is 3. The van der Waals surface area contributed by atoms with Crippen LogP contribution in [0.5, 0.6) is 0 Å². The molecule has 0 bridgehead atoms. The van der Waals surface area contributed by atoms with Crippen LogP contribution in [0.1, 0.15) is 18.8 Å². The van der Waals surface area contributed by atoms with Crippen LogP contribution in [0.2, 0.25) is 5.02 Å². The Balaban J connectivity index is 1.71. The zero-order valence-electron chi connectivity index (χ0n) is 12.7. The lowest BCUT2D eigenvalue weighted by atomic mass is 10.1. The van der Waals surface area contributed by atoms with Crippen LogP contribution >= 0.6 is 11.6 Å². The molecule has 0 saturated carbocycles. The number of aromatic nitrogens is 1. The maximum atomic E-state index is 13.5. The van der Waals surface area contributed by atoms with Crippen molar-refractivity contribution in [3.8, 4) is 11.3 Å². The van der Waals surface area contributed by atoms with Gasteiger partial charge in [0.25, 0.3) is 0 Å². The van der Waals surface area contributed by atoms with Gasteiger partial charge in [-0.2, -0.15) is 0 Å². The predicted octanol–water partition coefficient (Wildman–Crippen LogP) is 4.78. The number of halogens is 2. The molecule has 2 heterocycles. The third-order valence-electron chi connectivity index (χ3n) is 3.66. The molecule has 0 atom stereocenters. The molecule has 1 fully saturated rings. The highest BCUT2D eigenvalue weighted by Crippen LogP contribution is 2.27. The van der Waals surface area contributed by atoms with E-state index in [1.54, 1.807) is 12.3 Å². The number of hydrogen-bond donors (Lipinski definition) is 0. The summed E-state index contributed by atoms with van der Waals surface area (Å²) < 4.78 is 25.0. The summed E-state index contributed by atoms with van der Waals surface area (Å²) in [5, 5.41) is 0.102.